The smallest absolute Gasteiger partial charge is 0.224 e. The van der Waals surface area contributed by atoms with Crippen molar-refractivity contribution in [2.24, 2.45) is 0 Å². The van der Waals surface area contributed by atoms with E-state index < -0.39 is 5.60 Å². The number of hydrogen-bond donors (Lipinski definition) is 2. The fraction of sp³-hybridized carbons (Fsp3) is 0.500. The molecule has 1 aromatic rings. The summed E-state index contributed by atoms with van der Waals surface area (Å²) in [5, 5.41) is 13.6. The first-order valence-electron chi connectivity index (χ1n) is 6.35. The largest absolute Gasteiger partial charge is 0.385 e. The van der Waals surface area contributed by atoms with Gasteiger partial charge in [-0.3, -0.25) is 4.79 Å². The number of rotatable bonds is 4. The molecule has 0 aliphatic carbocycles. The topological polar surface area (TPSA) is 58.6 Å². The van der Waals surface area contributed by atoms with E-state index in [1.165, 1.54) is 0 Å². The minimum Gasteiger partial charge on any atom is -0.385 e. The minimum absolute atomic E-state index is 0.152. The highest BCUT2D eigenvalue weighted by Gasteiger charge is 2.39. The van der Waals surface area contributed by atoms with Crippen LogP contribution in [0.4, 0.5) is 0 Å². The second-order valence-electron chi connectivity index (χ2n) is 4.91. The highest BCUT2D eigenvalue weighted by molar-refractivity contribution is 6.31. The van der Waals surface area contributed by atoms with Crippen LogP contribution in [0.1, 0.15) is 18.9 Å². The molecule has 0 radical (unpaired) electrons. The van der Waals surface area contributed by atoms with Gasteiger partial charge in [0.25, 0.3) is 0 Å². The minimum atomic E-state index is -0.962. The summed E-state index contributed by atoms with van der Waals surface area (Å²) in [6.45, 7) is 2.54. The predicted molar refractivity (Wildman–Crippen MR) is 73.1 cm³/mol. The highest BCUT2D eigenvalue weighted by Crippen LogP contribution is 2.24. The molecule has 1 aliphatic rings. The number of amides is 1. The molecule has 1 fully saturated rings. The van der Waals surface area contributed by atoms with Crippen LogP contribution in [0.2, 0.25) is 5.02 Å². The molecule has 2 rings (SSSR count). The lowest BCUT2D eigenvalue weighted by molar-refractivity contribution is -0.122. The summed E-state index contributed by atoms with van der Waals surface area (Å²) < 4.78 is 5.32. The van der Waals surface area contributed by atoms with Gasteiger partial charge in [-0.2, -0.15) is 0 Å². The van der Waals surface area contributed by atoms with Crippen molar-refractivity contribution in [1.82, 2.24) is 5.32 Å². The van der Waals surface area contributed by atoms with E-state index in [-0.39, 0.29) is 25.0 Å². The Labute approximate surface area is 117 Å². The lowest BCUT2D eigenvalue weighted by Gasteiger charge is -2.26. The summed E-state index contributed by atoms with van der Waals surface area (Å²) in [4.78, 5) is 11.8. The van der Waals surface area contributed by atoms with Crippen LogP contribution in [0, 0.1) is 0 Å². The maximum atomic E-state index is 11.8. The zero-order valence-electron chi connectivity index (χ0n) is 10.9. The molecular weight excluding hydrogens is 266 g/mol. The molecule has 2 unspecified atom stereocenters. The van der Waals surface area contributed by atoms with Crippen LogP contribution in [-0.4, -0.2) is 35.9 Å². The van der Waals surface area contributed by atoms with Gasteiger partial charge in [-0.05, 0) is 18.6 Å². The van der Waals surface area contributed by atoms with Gasteiger partial charge in [0.05, 0.1) is 12.5 Å². The van der Waals surface area contributed by atoms with Gasteiger partial charge in [0.2, 0.25) is 5.91 Å². The number of hydrogen-bond acceptors (Lipinski definition) is 3. The average Bonchev–Trinajstić information content (AvgIpc) is 2.71. The zero-order chi connectivity index (χ0) is 13.9. The van der Waals surface area contributed by atoms with Crippen molar-refractivity contribution in [3.05, 3.63) is 34.9 Å². The van der Waals surface area contributed by atoms with E-state index in [4.69, 9.17) is 16.3 Å². The molecule has 104 valence electrons. The molecule has 2 N–H and O–H groups in total. The number of carbonyl (C=O) groups is 1. The van der Waals surface area contributed by atoms with E-state index in [0.717, 1.165) is 5.56 Å². The maximum absolute atomic E-state index is 11.8. The molecule has 1 saturated heterocycles. The Kier molecular flexibility index (Phi) is 4.45. The highest BCUT2D eigenvalue weighted by atomic mass is 35.5. The molecule has 1 aromatic carbocycles. The fourth-order valence-electron chi connectivity index (χ4n) is 2.13. The number of benzene rings is 1. The molecule has 0 spiro atoms. The molecule has 0 aromatic heterocycles. The third-order valence-corrected chi connectivity index (χ3v) is 3.93. The van der Waals surface area contributed by atoms with E-state index in [2.05, 4.69) is 5.32 Å². The van der Waals surface area contributed by atoms with Gasteiger partial charge in [0.15, 0.2) is 0 Å². The van der Waals surface area contributed by atoms with Gasteiger partial charge >= 0.3 is 0 Å². The Hall–Kier alpha value is -1.10. The van der Waals surface area contributed by atoms with Crippen LogP contribution in [0.25, 0.3) is 0 Å². The van der Waals surface area contributed by atoms with Crippen LogP contribution < -0.4 is 5.32 Å². The fourth-order valence-corrected chi connectivity index (χ4v) is 2.33. The van der Waals surface area contributed by atoms with Crippen LogP contribution >= 0.6 is 11.6 Å². The van der Waals surface area contributed by atoms with Crippen molar-refractivity contribution in [2.45, 2.75) is 31.5 Å². The quantitative estimate of drug-likeness (QED) is 0.881. The Morgan fingerprint density at radius 2 is 2.32 bits per heavy atom. The van der Waals surface area contributed by atoms with Crippen LogP contribution in [0.3, 0.4) is 0 Å². The number of aliphatic hydroxyl groups is 1. The molecule has 1 heterocycles. The molecule has 1 aliphatic heterocycles. The van der Waals surface area contributed by atoms with Gasteiger partial charge in [-0.1, -0.05) is 29.8 Å². The third kappa shape index (κ3) is 3.47. The van der Waals surface area contributed by atoms with Crippen LogP contribution in [0.15, 0.2) is 24.3 Å². The first-order chi connectivity index (χ1) is 9.01. The van der Waals surface area contributed by atoms with E-state index in [1.807, 2.05) is 25.1 Å². The van der Waals surface area contributed by atoms with Crippen LogP contribution in [-0.2, 0) is 16.0 Å². The lowest BCUT2D eigenvalue weighted by Crippen LogP contribution is -2.47. The van der Waals surface area contributed by atoms with Crippen molar-refractivity contribution in [2.75, 3.05) is 13.2 Å². The Morgan fingerprint density at radius 3 is 2.95 bits per heavy atom. The van der Waals surface area contributed by atoms with Crippen molar-refractivity contribution < 1.29 is 14.6 Å². The van der Waals surface area contributed by atoms with Gasteiger partial charge in [-0.25, -0.2) is 0 Å². The average molecular weight is 284 g/mol. The predicted octanol–water partition coefficient (Wildman–Crippen LogP) is 1.54. The first kappa shape index (κ1) is 14.3. The van der Waals surface area contributed by atoms with Crippen LogP contribution in [0.5, 0.6) is 0 Å². The molecule has 1 amide bonds. The second kappa shape index (κ2) is 5.90. The molecule has 5 heteroatoms. The molecule has 2 atom stereocenters. The van der Waals surface area contributed by atoms with E-state index in [9.17, 15) is 9.90 Å². The summed E-state index contributed by atoms with van der Waals surface area (Å²) in [6, 6.07) is 7.24. The number of halogens is 1. The van der Waals surface area contributed by atoms with Gasteiger partial charge in [0, 0.05) is 24.6 Å². The van der Waals surface area contributed by atoms with E-state index in [1.54, 1.807) is 6.07 Å². The molecule has 0 bridgehead atoms. The summed E-state index contributed by atoms with van der Waals surface area (Å²) in [5.74, 6) is -0.152. The third-order valence-electron chi connectivity index (χ3n) is 3.56. The number of ether oxygens (including phenoxy) is 1. The molecule has 4 nitrogen and oxygen atoms in total. The lowest BCUT2D eigenvalue weighted by atomic mass is 9.96. The maximum Gasteiger partial charge on any atom is 0.224 e. The standard InChI is InChI=1S/C14H18ClNO3/c1-10-14(18,6-7-19-10)9-16-13(17)8-11-4-2-3-5-12(11)15/h2-5,10,18H,6-9H2,1H3,(H,16,17). The SMILES string of the molecule is CC1OCCC1(O)CNC(=O)Cc1ccccc1Cl. The number of nitrogens with one attached hydrogen (secondary N) is 1. The van der Waals surface area contributed by atoms with Crippen molar-refractivity contribution >= 4 is 17.5 Å². The normalized spacial score (nSPS) is 26.4. The molecular formula is C14H18ClNO3. The monoisotopic (exact) mass is 283 g/mol. The number of carbonyl (C=O) groups excluding carboxylic acids is 1. The Balaban J connectivity index is 1.87. The van der Waals surface area contributed by atoms with Crippen molar-refractivity contribution in [3.63, 3.8) is 0 Å². The van der Waals surface area contributed by atoms with E-state index in [0.29, 0.717) is 18.1 Å². The van der Waals surface area contributed by atoms with Gasteiger partial charge < -0.3 is 15.2 Å². The van der Waals surface area contributed by atoms with Crippen molar-refractivity contribution in [3.8, 4) is 0 Å². The summed E-state index contributed by atoms with van der Waals surface area (Å²) in [6.07, 6.45) is 0.499. The zero-order valence-corrected chi connectivity index (χ0v) is 11.6. The summed E-state index contributed by atoms with van der Waals surface area (Å²) in [5.41, 5.74) is -0.180. The second-order valence-corrected chi connectivity index (χ2v) is 5.32. The van der Waals surface area contributed by atoms with E-state index >= 15 is 0 Å². The summed E-state index contributed by atoms with van der Waals surface area (Å²) >= 11 is 6.00. The molecule has 0 saturated carbocycles. The first-order valence-corrected chi connectivity index (χ1v) is 6.73. The van der Waals surface area contributed by atoms with Crippen molar-refractivity contribution in [1.29, 1.82) is 0 Å². The van der Waals surface area contributed by atoms with Gasteiger partial charge in [-0.15, -0.1) is 0 Å². The Bertz CT molecular complexity index is 466. The summed E-state index contributed by atoms with van der Waals surface area (Å²) in [7, 11) is 0. The van der Waals surface area contributed by atoms with Gasteiger partial charge in [0.1, 0.15) is 5.60 Å². The molecule has 19 heavy (non-hydrogen) atoms. The Morgan fingerprint density at radius 1 is 1.58 bits per heavy atom.